The first kappa shape index (κ1) is 14.9. The molecule has 0 bridgehead atoms. The molecule has 0 aromatic heterocycles. The molecule has 3 saturated heterocycles. The standard InChI is InChI=1S/C15H18O8/c1-12(2,3)14(20)4-6-13(5-7(16)21-6)10(19)23-11-15(13,14)8(17)9(18)22-11/h6,8,11,17,20H,4-5H2,1-3H3/t6-,8?,11?,13?,14?,15?/m0/s1. The molecule has 1 saturated carbocycles. The summed E-state index contributed by atoms with van der Waals surface area (Å²) in [6, 6.07) is 0. The van der Waals surface area contributed by atoms with Crippen molar-refractivity contribution >= 4 is 17.9 Å². The Morgan fingerprint density at radius 3 is 2.39 bits per heavy atom. The van der Waals surface area contributed by atoms with E-state index >= 15 is 0 Å². The first-order valence-corrected chi connectivity index (χ1v) is 7.54. The van der Waals surface area contributed by atoms with E-state index in [0.717, 1.165) is 0 Å². The van der Waals surface area contributed by atoms with Gasteiger partial charge in [-0.05, 0) is 5.41 Å². The highest BCUT2D eigenvalue weighted by Crippen LogP contribution is 2.75. The van der Waals surface area contributed by atoms with Gasteiger partial charge < -0.3 is 24.4 Å². The van der Waals surface area contributed by atoms with E-state index in [0.29, 0.717) is 0 Å². The number of carbonyl (C=O) groups excluding carboxylic acids is 3. The van der Waals surface area contributed by atoms with Gasteiger partial charge in [-0.3, -0.25) is 9.59 Å². The number of rotatable bonds is 0. The van der Waals surface area contributed by atoms with E-state index < -0.39 is 58.3 Å². The Bertz CT molecular complexity index is 650. The molecule has 3 aliphatic heterocycles. The number of carbonyl (C=O) groups is 3. The van der Waals surface area contributed by atoms with Crippen LogP contribution in [0.1, 0.15) is 33.6 Å². The number of ether oxygens (including phenoxy) is 3. The molecule has 4 fully saturated rings. The van der Waals surface area contributed by atoms with Crippen LogP contribution in [-0.4, -0.2) is 52.2 Å². The molecule has 6 atom stereocenters. The third kappa shape index (κ3) is 1.20. The van der Waals surface area contributed by atoms with E-state index in [1.807, 2.05) is 0 Å². The van der Waals surface area contributed by atoms with Crippen molar-refractivity contribution in [2.45, 2.75) is 57.7 Å². The zero-order valence-electron chi connectivity index (χ0n) is 13.0. The van der Waals surface area contributed by atoms with Gasteiger partial charge in [-0.2, -0.15) is 0 Å². The molecule has 23 heavy (non-hydrogen) atoms. The van der Waals surface area contributed by atoms with Gasteiger partial charge >= 0.3 is 17.9 Å². The van der Waals surface area contributed by atoms with Crippen molar-refractivity contribution in [3.8, 4) is 0 Å². The fourth-order valence-electron chi connectivity index (χ4n) is 5.15. The molecule has 4 aliphatic rings. The fourth-order valence-corrected chi connectivity index (χ4v) is 5.15. The van der Waals surface area contributed by atoms with E-state index in [4.69, 9.17) is 14.2 Å². The van der Waals surface area contributed by atoms with Crippen LogP contribution in [-0.2, 0) is 28.6 Å². The Balaban J connectivity index is 2.05. The van der Waals surface area contributed by atoms with Gasteiger partial charge in [0, 0.05) is 6.42 Å². The minimum atomic E-state index is -1.78. The maximum Gasteiger partial charge on any atom is 0.339 e. The van der Waals surface area contributed by atoms with Crippen LogP contribution in [0.3, 0.4) is 0 Å². The number of hydrogen-bond acceptors (Lipinski definition) is 8. The molecule has 1 aliphatic carbocycles. The second kappa shape index (κ2) is 3.70. The third-order valence-electron chi connectivity index (χ3n) is 6.22. The van der Waals surface area contributed by atoms with Crippen LogP contribution in [0.15, 0.2) is 0 Å². The summed E-state index contributed by atoms with van der Waals surface area (Å²) in [6.45, 7) is 5.19. The van der Waals surface area contributed by atoms with Crippen molar-refractivity contribution in [2.75, 3.05) is 0 Å². The van der Waals surface area contributed by atoms with Crippen LogP contribution in [0.5, 0.6) is 0 Å². The van der Waals surface area contributed by atoms with Crippen molar-refractivity contribution in [3.63, 3.8) is 0 Å². The summed E-state index contributed by atoms with van der Waals surface area (Å²) >= 11 is 0. The van der Waals surface area contributed by atoms with Gasteiger partial charge in [0.2, 0.25) is 0 Å². The molecule has 126 valence electrons. The molecule has 0 aromatic rings. The zero-order valence-corrected chi connectivity index (χ0v) is 13.0. The summed E-state index contributed by atoms with van der Waals surface area (Å²) in [5, 5.41) is 22.2. The molecular formula is C15H18O8. The van der Waals surface area contributed by atoms with E-state index in [-0.39, 0.29) is 12.8 Å². The lowest BCUT2D eigenvalue weighted by molar-refractivity contribution is -0.224. The van der Waals surface area contributed by atoms with Gasteiger partial charge in [0.25, 0.3) is 6.29 Å². The van der Waals surface area contributed by atoms with Gasteiger partial charge in [-0.25, -0.2) is 4.79 Å². The second-order valence-electron chi connectivity index (χ2n) is 7.89. The average molecular weight is 326 g/mol. The topological polar surface area (TPSA) is 119 Å². The molecule has 3 heterocycles. The van der Waals surface area contributed by atoms with Crippen LogP contribution in [0, 0.1) is 16.2 Å². The minimum Gasteiger partial charge on any atom is -0.461 e. The molecule has 2 N–H and O–H groups in total. The van der Waals surface area contributed by atoms with Gasteiger partial charge in [0.05, 0.1) is 12.0 Å². The van der Waals surface area contributed by atoms with Gasteiger partial charge in [0.1, 0.15) is 16.9 Å². The van der Waals surface area contributed by atoms with Gasteiger partial charge in [-0.15, -0.1) is 0 Å². The van der Waals surface area contributed by atoms with Crippen LogP contribution < -0.4 is 0 Å². The van der Waals surface area contributed by atoms with Gasteiger partial charge in [0.15, 0.2) is 6.10 Å². The highest BCUT2D eigenvalue weighted by molar-refractivity contribution is 5.94. The highest BCUT2D eigenvalue weighted by Gasteiger charge is 2.92. The molecule has 0 radical (unpaired) electrons. The second-order valence-corrected chi connectivity index (χ2v) is 7.89. The van der Waals surface area contributed by atoms with Crippen molar-refractivity contribution in [1.82, 2.24) is 0 Å². The number of hydrogen-bond donors (Lipinski definition) is 2. The lowest BCUT2D eigenvalue weighted by Gasteiger charge is -2.49. The summed E-state index contributed by atoms with van der Waals surface area (Å²) in [7, 11) is 0. The predicted octanol–water partition coefficient (Wildman–Crippen LogP) is -0.744. The summed E-state index contributed by atoms with van der Waals surface area (Å²) in [5.74, 6) is -2.36. The van der Waals surface area contributed by atoms with E-state index in [1.54, 1.807) is 20.8 Å². The van der Waals surface area contributed by atoms with Crippen LogP contribution >= 0.6 is 0 Å². The largest absolute Gasteiger partial charge is 0.461 e. The van der Waals surface area contributed by atoms with Crippen molar-refractivity contribution in [1.29, 1.82) is 0 Å². The normalized spacial score (nSPS) is 51.0. The smallest absolute Gasteiger partial charge is 0.339 e. The maximum absolute atomic E-state index is 12.6. The maximum atomic E-state index is 12.6. The van der Waals surface area contributed by atoms with Crippen molar-refractivity contribution in [2.24, 2.45) is 16.2 Å². The van der Waals surface area contributed by atoms with E-state index in [9.17, 15) is 24.6 Å². The Kier molecular flexibility index (Phi) is 2.39. The zero-order chi connectivity index (χ0) is 17.0. The minimum absolute atomic E-state index is 0.0679. The van der Waals surface area contributed by atoms with Crippen molar-refractivity contribution < 1.29 is 38.8 Å². The summed E-state index contributed by atoms with van der Waals surface area (Å²) in [4.78, 5) is 36.5. The highest BCUT2D eigenvalue weighted by atomic mass is 16.7. The Hall–Kier alpha value is -1.67. The molecular weight excluding hydrogens is 308 g/mol. The average Bonchev–Trinajstić information content (AvgIpc) is 3.00. The Morgan fingerprint density at radius 2 is 1.78 bits per heavy atom. The lowest BCUT2D eigenvalue weighted by atomic mass is 9.52. The van der Waals surface area contributed by atoms with E-state index in [1.165, 1.54) is 0 Å². The monoisotopic (exact) mass is 326 g/mol. The fraction of sp³-hybridized carbons (Fsp3) is 0.800. The number of esters is 3. The molecule has 8 heteroatoms. The van der Waals surface area contributed by atoms with Crippen LogP contribution in [0.25, 0.3) is 0 Å². The molecule has 4 rings (SSSR count). The third-order valence-corrected chi connectivity index (χ3v) is 6.22. The SMILES string of the molecule is CC(C)(C)C1(O)C[C@@H]2OC(=O)CC23C(=O)OC2OC(=O)C(O)C231. The van der Waals surface area contributed by atoms with Crippen LogP contribution in [0.4, 0.5) is 0 Å². The molecule has 0 amide bonds. The van der Waals surface area contributed by atoms with E-state index in [2.05, 4.69) is 0 Å². The quantitative estimate of drug-likeness (QED) is 0.558. The molecule has 5 unspecified atom stereocenters. The van der Waals surface area contributed by atoms with Crippen molar-refractivity contribution in [3.05, 3.63) is 0 Å². The Morgan fingerprint density at radius 1 is 1.13 bits per heavy atom. The predicted molar refractivity (Wildman–Crippen MR) is 70.4 cm³/mol. The van der Waals surface area contributed by atoms with Gasteiger partial charge in [-0.1, -0.05) is 20.8 Å². The number of aliphatic hydroxyl groups is 2. The van der Waals surface area contributed by atoms with Crippen LogP contribution in [0.2, 0.25) is 0 Å². The number of aliphatic hydroxyl groups excluding tert-OH is 1. The molecule has 0 aromatic carbocycles. The first-order chi connectivity index (χ1) is 10.5. The lowest BCUT2D eigenvalue weighted by Crippen LogP contribution is -2.65. The molecule has 2 spiro atoms. The summed E-state index contributed by atoms with van der Waals surface area (Å²) in [6.07, 6.45) is -4.58. The summed E-state index contributed by atoms with van der Waals surface area (Å²) in [5.41, 5.74) is -5.91. The first-order valence-electron chi connectivity index (χ1n) is 7.54. The summed E-state index contributed by atoms with van der Waals surface area (Å²) < 4.78 is 15.5. The molecule has 8 nitrogen and oxygen atoms in total. The Labute approximate surface area is 131 Å².